The highest BCUT2D eigenvalue weighted by Gasteiger charge is 2.35. The quantitative estimate of drug-likeness (QED) is 0.678. The fourth-order valence-corrected chi connectivity index (χ4v) is 3.32. The maximum atomic E-state index is 12.5. The lowest BCUT2D eigenvalue weighted by Crippen LogP contribution is -2.46. The van der Waals surface area contributed by atoms with Gasteiger partial charge in [0.15, 0.2) is 0 Å². The number of nitrogens with one attached hydrogen (secondary N) is 2. The zero-order valence-corrected chi connectivity index (χ0v) is 16.4. The van der Waals surface area contributed by atoms with E-state index in [2.05, 4.69) is 15.5 Å². The Bertz CT molecular complexity index is 704. The van der Waals surface area contributed by atoms with Crippen LogP contribution in [0.3, 0.4) is 0 Å². The van der Waals surface area contributed by atoms with Gasteiger partial charge in [-0.15, -0.1) is 12.4 Å². The first-order valence-electron chi connectivity index (χ1n) is 9.33. The second-order valence-electron chi connectivity index (χ2n) is 6.72. The number of carbonyl (C=O) groups is 3. The van der Waals surface area contributed by atoms with E-state index in [1.54, 1.807) is 18.2 Å². The maximum absolute atomic E-state index is 12.5. The molecule has 2 aliphatic heterocycles. The zero-order chi connectivity index (χ0) is 18.5. The molecule has 1 aromatic rings. The fourth-order valence-electron chi connectivity index (χ4n) is 3.32. The van der Waals surface area contributed by atoms with Crippen molar-refractivity contribution in [2.45, 2.75) is 19.8 Å². The molecular formula is C19H27ClN4O3. The first kappa shape index (κ1) is 21.3. The molecule has 0 aliphatic carbocycles. The van der Waals surface area contributed by atoms with Gasteiger partial charge in [0.2, 0.25) is 0 Å². The SMILES string of the molecule is CCCCN1C(=O)c2ccc(C(=O)NCCN3CCNCC3)cc2C1=O.Cl. The van der Waals surface area contributed by atoms with Gasteiger partial charge in [0, 0.05) is 51.4 Å². The average Bonchev–Trinajstić information content (AvgIpc) is 2.91. The lowest BCUT2D eigenvalue weighted by molar-refractivity contribution is 0.0652. The summed E-state index contributed by atoms with van der Waals surface area (Å²) in [4.78, 5) is 40.8. The summed E-state index contributed by atoms with van der Waals surface area (Å²) in [6, 6.07) is 4.75. The summed E-state index contributed by atoms with van der Waals surface area (Å²) in [5.74, 6) is -0.770. The van der Waals surface area contributed by atoms with Crippen LogP contribution in [0.15, 0.2) is 18.2 Å². The number of benzene rings is 1. The predicted octanol–water partition coefficient (Wildman–Crippen LogP) is 1.14. The van der Waals surface area contributed by atoms with Crippen molar-refractivity contribution in [3.05, 3.63) is 34.9 Å². The Morgan fingerprint density at radius 1 is 1.11 bits per heavy atom. The lowest BCUT2D eigenvalue weighted by Gasteiger charge is -2.27. The minimum atomic E-state index is -0.297. The number of nitrogens with zero attached hydrogens (tertiary/aromatic N) is 2. The Morgan fingerprint density at radius 3 is 2.52 bits per heavy atom. The predicted molar refractivity (Wildman–Crippen MR) is 106 cm³/mol. The first-order valence-corrected chi connectivity index (χ1v) is 9.33. The minimum Gasteiger partial charge on any atom is -0.351 e. The van der Waals surface area contributed by atoms with E-state index in [4.69, 9.17) is 0 Å². The highest BCUT2D eigenvalue weighted by atomic mass is 35.5. The van der Waals surface area contributed by atoms with Gasteiger partial charge in [-0.1, -0.05) is 13.3 Å². The van der Waals surface area contributed by atoms with Crippen LogP contribution in [0.1, 0.15) is 50.8 Å². The van der Waals surface area contributed by atoms with Gasteiger partial charge >= 0.3 is 0 Å². The van der Waals surface area contributed by atoms with Gasteiger partial charge in [-0.2, -0.15) is 0 Å². The normalized spacial score (nSPS) is 16.9. The third kappa shape index (κ3) is 4.86. The molecule has 0 saturated carbocycles. The van der Waals surface area contributed by atoms with Crippen molar-refractivity contribution in [3.8, 4) is 0 Å². The number of carbonyl (C=O) groups excluding carboxylic acids is 3. The largest absolute Gasteiger partial charge is 0.351 e. The summed E-state index contributed by atoms with van der Waals surface area (Å²) in [5.41, 5.74) is 1.15. The van der Waals surface area contributed by atoms with Crippen LogP contribution in [0.2, 0.25) is 0 Å². The molecule has 0 radical (unpaired) electrons. The van der Waals surface area contributed by atoms with Crippen LogP contribution >= 0.6 is 12.4 Å². The molecule has 7 nitrogen and oxygen atoms in total. The Labute approximate surface area is 165 Å². The van der Waals surface area contributed by atoms with Gasteiger partial charge < -0.3 is 10.6 Å². The van der Waals surface area contributed by atoms with Gasteiger partial charge in [-0.25, -0.2) is 0 Å². The molecule has 1 saturated heterocycles. The number of halogens is 1. The van der Waals surface area contributed by atoms with E-state index in [9.17, 15) is 14.4 Å². The molecule has 2 heterocycles. The van der Waals surface area contributed by atoms with E-state index in [0.717, 1.165) is 45.6 Å². The second kappa shape index (κ2) is 9.82. The van der Waals surface area contributed by atoms with Crippen molar-refractivity contribution >= 4 is 30.1 Å². The summed E-state index contributed by atoms with van der Waals surface area (Å²) >= 11 is 0. The molecule has 8 heteroatoms. The summed E-state index contributed by atoms with van der Waals surface area (Å²) in [5, 5.41) is 6.19. The summed E-state index contributed by atoms with van der Waals surface area (Å²) in [6.07, 6.45) is 1.69. The zero-order valence-electron chi connectivity index (χ0n) is 15.6. The summed E-state index contributed by atoms with van der Waals surface area (Å²) in [6.45, 7) is 7.73. The Kier molecular flexibility index (Phi) is 7.77. The molecule has 27 heavy (non-hydrogen) atoms. The number of fused-ring (bicyclic) bond motifs is 1. The first-order chi connectivity index (χ1) is 12.6. The average molecular weight is 395 g/mol. The van der Waals surface area contributed by atoms with Crippen LogP contribution in [-0.4, -0.2) is 73.3 Å². The van der Waals surface area contributed by atoms with Crippen LogP contribution in [0.4, 0.5) is 0 Å². The number of amides is 3. The van der Waals surface area contributed by atoms with Crippen molar-refractivity contribution < 1.29 is 14.4 Å². The van der Waals surface area contributed by atoms with Crippen LogP contribution in [0.5, 0.6) is 0 Å². The molecule has 2 aliphatic rings. The molecule has 0 aromatic heterocycles. The lowest BCUT2D eigenvalue weighted by atomic mass is 10.1. The van der Waals surface area contributed by atoms with Gasteiger partial charge in [0.05, 0.1) is 11.1 Å². The standard InChI is InChI=1S/C19H26N4O3.ClH/c1-2-3-9-23-18(25)15-5-4-14(13-16(15)19(23)26)17(24)21-8-12-22-10-6-20-7-11-22;/h4-5,13,20H,2-3,6-12H2,1H3,(H,21,24);1H. The monoisotopic (exact) mass is 394 g/mol. The van der Waals surface area contributed by atoms with Gasteiger partial charge in [-0.3, -0.25) is 24.2 Å². The van der Waals surface area contributed by atoms with Gasteiger partial charge in [0.25, 0.3) is 17.7 Å². The molecule has 2 N–H and O–H groups in total. The third-order valence-electron chi connectivity index (χ3n) is 4.89. The molecule has 1 aromatic carbocycles. The summed E-state index contributed by atoms with van der Waals surface area (Å²) in [7, 11) is 0. The Morgan fingerprint density at radius 2 is 1.81 bits per heavy atom. The van der Waals surface area contributed by atoms with Crippen LogP contribution in [0, 0.1) is 0 Å². The van der Waals surface area contributed by atoms with Crippen LogP contribution < -0.4 is 10.6 Å². The number of imide groups is 1. The topological polar surface area (TPSA) is 81.8 Å². The fraction of sp³-hybridized carbons (Fsp3) is 0.526. The van der Waals surface area contributed by atoms with Crippen molar-refractivity contribution in [3.63, 3.8) is 0 Å². The number of rotatable bonds is 7. The van der Waals surface area contributed by atoms with Gasteiger partial charge in [0.1, 0.15) is 0 Å². The van der Waals surface area contributed by atoms with Gasteiger partial charge in [-0.05, 0) is 24.6 Å². The molecule has 3 amide bonds. The van der Waals surface area contributed by atoms with Crippen LogP contribution in [-0.2, 0) is 0 Å². The van der Waals surface area contributed by atoms with E-state index in [1.165, 1.54) is 4.90 Å². The van der Waals surface area contributed by atoms with Crippen LogP contribution in [0.25, 0.3) is 0 Å². The third-order valence-corrected chi connectivity index (χ3v) is 4.89. The number of unbranched alkanes of at least 4 members (excludes halogenated alkanes) is 1. The molecule has 148 valence electrons. The summed E-state index contributed by atoms with van der Waals surface area (Å²) < 4.78 is 0. The highest BCUT2D eigenvalue weighted by Crippen LogP contribution is 2.24. The molecule has 0 bridgehead atoms. The van der Waals surface area contributed by atoms with E-state index in [1.807, 2.05) is 6.92 Å². The van der Waals surface area contributed by atoms with E-state index < -0.39 is 0 Å². The van der Waals surface area contributed by atoms with E-state index in [-0.39, 0.29) is 30.1 Å². The van der Waals surface area contributed by atoms with E-state index >= 15 is 0 Å². The molecule has 3 rings (SSSR count). The van der Waals surface area contributed by atoms with Crippen molar-refractivity contribution in [2.75, 3.05) is 45.8 Å². The molecule has 1 fully saturated rings. The highest BCUT2D eigenvalue weighted by molar-refractivity contribution is 6.22. The molecule has 0 atom stereocenters. The smallest absolute Gasteiger partial charge is 0.261 e. The maximum Gasteiger partial charge on any atom is 0.261 e. The van der Waals surface area contributed by atoms with Crippen molar-refractivity contribution in [2.24, 2.45) is 0 Å². The van der Waals surface area contributed by atoms with Crippen molar-refractivity contribution in [1.29, 1.82) is 0 Å². The molecular weight excluding hydrogens is 368 g/mol. The molecule has 0 unspecified atom stereocenters. The Balaban J connectivity index is 0.00000261. The number of piperazine rings is 1. The number of hydrogen-bond acceptors (Lipinski definition) is 5. The Hall–Kier alpha value is -1.96. The second-order valence-corrected chi connectivity index (χ2v) is 6.72. The number of hydrogen-bond donors (Lipinski definition) is 2. The van der Waals surface area contributed by atoms with Crippen molar-refractivity contribution in [1.82, 2.24) is 20.4 Å². The van der Waals surface area contributed by atoms with E-state index in [0.29, 0.717) is 29.8 Å². The minimum absolute atomic E-state index is 0. The molecule has 0 spiro atoms.